The largest absolute Gasteiger partial charge is 0.480 e. The fourth-order valence-corrected chi connectivity index (χ4v) is 1.57. The summed E-state index contributed by atoms with van der Waals surface area (Å²) in [6, 6.07) is -1.12. The van der Waals surface area contributed by atoms with E-state index >= 15 is 0 Å². The van der Waals surface area contributed by atoms with Gasteiger partial charge in [-0.15, -0.1) is 0 Å². The molecule has 0 aliphatic carbocycles. The van der Waals surface area contributed by atoms with E-state index in [9.17, 15) is 9.59 Å². The SMILES string of the molecule is NC(CC(=O)NCC1CCOCC1)C(=O)O. The minimum Gasteiger partial charge on any atom is -0.480 e. The maximum atomic E-state index is 11.3. The first-order valence-corrected chi connectivity index (χ1v) is 5.42. The molecule has 0 saturated carbocycles. The second-order valence-corrected chi connectivity index (χ2v) is 4.01. The summed E-state index contributed by atoms with van der Waals surface area (Å²) in [5.41, 5.74) is 5.25. The number of amides is 1. The van der Waals surface area contributed by atoms with Gasteiger partial charge in [0.2, 0.25) is 5.91 Å². The van der Waals surface area contributed by atoms with Crippen molar-refractivity contribution < 1.29 is 19.4 Å². The summed E-state index contributed by atoms with van der Waals surface area (Å²) in [7, 11) is 0. The molecule has 1 aliphatic heterocycles. The zero-order chi connectivity index (χ0) is 12.0. The smallest absolute Gasteiger partial charge is 0.321 e. The van der Waals surface area contributed by atoms with Crippen LogP contribution < -0.4 is 11.1 Å². The molecule has 0 aromatic carbocycles. The Hall–Kier alpha value is -1.14. The number of nitrogens with two attached hydrogens (primary N) is 1. The molecule has 0 aromatic rings. The molecule has 16 heavy (non-hydrogen) atoms. The summed E-state index contributed by atoms with van der Waals surface area (Å²) in [6.07, 6.45) is 1.70. The third-order valence-electron chi connectivity index (χ3n) is 2.65. The number of aliphatic carboxylic acids is 1. The molecular formula is C10H18N2O4. The molecule has 0 spiro atoms. The molecule has 1 atom stereocenters. The van der Waals surface area contributed by atoms with Crippen molar-refractivity contribution in [1.82, 2.24) is 5.32 Å². The zero-order valence-electron chi connectivity index (χ0n) is 9.15. The lowest BCUT2D eigenvalue weighted by Crippen LogP contribution is -2.39. The maximum Gasteiger partial charge on any atom is 0.321 e. The minimum atomic E-state index is -1.15. The summed E-state index contributed by atoms with van der Waals surface area (Å²) < 4.78 is 5.19. The maximum absolute atomic E-state index is 11.3. The molecule has 1 heterocycles. The van der Waals surface area contributed by atoms with Crippen molar-refractivity contribution in [2.24, 2.45) is 11.7 Å². The summed E-state index contributed by atoms with van der Waals surface area (Å²) in [6.45, 7) is 2.04. The highest BCUT2D eigenvalue weighted by Gasteiger charge is 2.18. The van der Waals surface area contributed by atoms with E-state index in [2.05, 4.69) is 5.32 Å². The molecule has 1 saturated heterocycles. The highest BCUT2D eigenvalue weighted by Crippen LogP contribution is 2.13. The molecule has 0 aromatic heterocycles. The summed E-state index contributed by atoms with van der Waals surface area (Å²) >= 11 is 0. The van der Waals surface area contributed by atoms with E-state index in [-0.39, 0.29) is 12.3 Å². The third kappa shape index (κ3) is 4.59. The molecule has 1 unspecified atom stereocenters. The minimum absolute atomic E-state index is 0.168. The van der Waals surface area contributed by atoms with Crippen LogP contribution in [0.4, 0.5) is 0 Å². The van der Waals surface area contributed by atoms with Crippen LogP contribution in [0, 0.1) is 5.92 Å². The summed E-state index contributed by atoms with van der Waals surface area (Å²) in [4.78, 5) is 21.7. The average molecular weight is 230 g/mol. The van der Waals surface area contributed by atoms with Gasteiger partial charge in [0.05, 0.1) is 6.42 Å². The number of hydrogen-bond donors (Lipinski definition) is 3. The Bertz CT molecular complexity index is 251. The van der Waals surface area contributed by atoms with Crippen LogP contribution >= 0.6 is 0 Å². The van der Waals surface area contributed by atoms with Crippen LogP contribution in [-0.4, -0.2) is 42.8 Å². The Kier molecular flexibility index (Phi) is 5.21. The number of nitrogens with one attached hydrogen (secondary N) is 1. The molecular weight excluding hydrogens is 212 g/mol. The number of ether oxygens (including phenoxy) is 1. The zero-order valence-corrected chi connectivity index (χ0v) is 9.15. The highest BCUT2D eigenvalue weighted by molar-refractivity contribution is 5.84. The van der Waals surface area contributed by atoms with Gasteiger partial charge in [-0.2, -0.15) is 0 Å². The Morgan fingerprint density at radius 2 is 2.06 bits per heavy atom. The van der Waals surface area contributed by atoms with Gasteiger partial charge in [0.1, 0.15) is 6.04 Å². The normalized spacial score (nSPS) is 19.1. The number of carbonyl (C=O) groups excluding carboxylic acids is 1. The van der Waals surface area contributed by atoms with E-state index in [1.54, 1.807) is 0 Å². The Balaban J connectivity index is 2.16. The van der Waals surface area contributed by atoms with Gasteiger partial charge < -0.3 is 20.9 Å². The molecule has 1 fully saturated rings. The lowest BCUT2D eigenvalue weighted by Gasteiger charge is -2.22. The van der Waals surface area contributed by atoms with Crippen molar-refractivity contribution >= 4 is 11.9 Å². The molecule has 1 aliphatic rings. The predicted molar refractivity (Wildman–Crippen MR) is 56.8 cm³/mol. The van der Waals surface area contributed by atoms with Crippen LogP contribution in [0.15, 0.2) is 0 Å². The van der Waals surface area contributed by atoms with Gasteiger partial charge in [-0.3, -0.25) is 9.59 Å². The first-order valence-electron chi connectivity index (χ1n) is 5.42. The Morgan fingerprint density at radius 1 is 1.44 bits per heavy atom. The van der Waals surface area contributed by atoms with Crippen molar-refractivity contribution in [3.63, 3.8) is 0 Å². The average Bonchev–Trinajstić information content (AvgIpc) is 2.27. The van der Waals surface area contributed by atoms with Crippen molar-refractivity contribution in [3.05, 3.63) is 0 Å². The fraction of sp³-hybridized carbons (Fsp3) is 0.800. The van der Waals surface area contributed by atoms with Crippen molar-refractivity contribution in [1.29, 1.82) is 0 Å². The molecule has 4 N–H and O–H groups in total. The first kappa shape index (κ1) is 12.9. The fourth-order valence-electron chi connectivity index (χ4n) is 1.57. The van der Waals surface area contributed by atoms with Crippen molar-refractivity contribution in [2.45, 2.75) is 25.3 Å². The molecule has 6 heteroatoms. The van der Waals surface area contributed by atoms with Crippen LogP contribution in [-0.2, 0) is 14.3 Å². The highest BCUT2D eigenvalue weighted by atomic mass is 16.5. The van der Waals surface area contributed by atoms with Crippen LogP contribution in [0.25, 0.3) is 0 Å². The monoisotopic (exact) mass is 230 g/mol. The quantitative estimate of drug-likeness (QED) is 0.581. The number of carboxylic acid groups (broad SMARTS) is 1. The van der Waals surface area contributed by atoms with Gasteiger partial charge >= 0.3 is 5.97 Å². The topological polar surface area (TPSA) is 102 Å². The molecule has 6 nitrogen and oxygen atoms in total. The lowest BCUT2D eigenvalue weighted by molar-refractivity contribution is -0.140. The Morgan fingerprint density at radius 3 is 2.62 bits per heavy atom. The van der Waals surface area contributed by atoms with Crippen LogP contribution in [0.1, 0.15) is 19.3 Å². The van der Waals surface area contributed by atoms with Gasteiger partial charge in [-0.05, 0) is 18.8 Å². The van der Waals surface area contributed by atoms with E-state index in [0.29, 0.717) is 12.5 Å². The van der Waals surface area contributed by atoms with Crippen LogP contribution in [0.5, 0.6) is 0 Å². The predicted octanol–water partition coefficient (Wildman–Crippen LogP) is -0.669. The number of carboxylic acids is 1. The van der Waals surface area contributed by atoms with Crippen LogP contribution in [0.3, 0.4) is 0 Å². The van der Waals surface area contributed by atoms with E-state index in [4.69, 9.17) is 15.6 Å². The van der Waals surface area contributed by atoms with E-state index in [1.165, 1.54) is 0 Å². The molecule has 1 amide bonds. The molecule has 0 radical (unpaired) electrons. The first-order chi connectivity index (χ1) is 7.59. The molecule has 92 valence electrons. The number of hydrogen-bond acceptors (Lipinski definition) is 4. The summed E-state index contributed by atoms with van der Waals surface area (Å²) in [5, 5.41) is 11.2. The van der Waals surface area contributed by atoms with Crippen molar-refractivity contribution in [3.8, 4) is 0 Å². The molecule has 0 bridgehead atoms. The standard InChI is InChI=1S/C10H18N2O4/c11-8(10(14)15)5-9(13)12-6-7-1-3-16-4-2-7/h7-8H,1-6,11H2,(H,12,13)(H,14,15). The van der Waals surface area contributed by atoms with Crippen molar-refractivity contribution in [2.75, 3.05) is 19.8 Å². The van der Waals surface area contributed by atoms with Gasteiger partial charge in [0, 0.05) is 19.8 Å². The van der Waals surface area contributed by atoms with E-state index < -0.39 is 12.0 Å². The second kappa shape index (κ2) is 6.44. The molecule has 1 rings (SSSR count). The third-order valence-corrected chi connectivity index (χ3v) is 2.65. The Labute approximate surface area is 94.1 Å². The lowest BCUT2D eigenvalue weighted by atomic mass is 10.0. The van der Waals surface area contributed by atoms with Gasteiger partial charge in [-0.1, -0.05) is 0 Å². The number of carbonyl (C=O) groups is 2. The van der Waals surface area contributed by atoms with Gasteiger partial charge in [0.15, 0.2) is 0 Å². The second-order valence-electron chi connectivity index (χ2n) is 4.01. The summed E-state index contributed by atoms with van der Waals surface area (Å²) in [5.74, 6) is -1.03. The number of rotatable bonds is 5. The van der Waals surface area contributed by atoms with E-state index in [0.717, 1.165) is 26.1 Å². The van der Waals surface area contributed by atoms with E-state index in [1.807, 2.05) is 0 Å². The van der Waals surface area contributed by atoms with Crippen LogP contribution in [0.2, 0.25) is 0 Å². The van der Waals surface area contributed by atoms with Gasteiger partial charge in [-0.25, -0.2) is 0 Å². The van der Waals surface area contributed by atoms with Gasteiger partial charge in [0.25, 0.3) is 0 Å².